The van der Waals surface area contributed by atoms with Gasteiger partial charge in [-0.25, -0.2) is 0 Å². The van der Waals surface area contributed by atoms with Crippen LogP contribution in [-0.2, 0) is 5.41 Å². The fourth-order valence-electron chi connectivity index (χ4n) is 2.56. The molecule has 1 aliphatic heterocycles. The fraction of sp³-hybridized carbons (Fsp3) is 0.818. The molecule has 82 valence electrons. The molecule has 1 unspecified atom stereocenters. The number of hydrogen-bond acceptors (Lipinski definition) is 3. The Kier molecular flexibility index (Phi) is 1.89. The highest BCUT2D eigenvalue weighted by molar-refractivity contribution is 5.15. The van der Waals surface area contributed by atoms with Crippen molar-refractivity contribution in [2.24, 2.45) is 0 Å². The Morgan fingerprint density at radius 3 is 2.80 bits per heavy atom. The second-order valence-corrected chi connectivity index (χ2v) is 5.16. The molecule has 1 saturated carbocycles. The molecule has 0 bridgehead atoms. The van der Waals surface area contributed by atoms with Crippen LogP contribution in [0.4, 0.5) is 0 Å². The van der Waals surface area contributed by atoms with Crippen molar-refractivity contribution in [1.29, 1.82) is 0 Å². The van der Waals surface area contributed by atoms with E-state index in [9.17, 15) is 0 Å². The highest BCUT2D eigenvalue weighted by Crippen LogP contribution is 2.40. The van der Waals surface area contributed by atoms with Crippen molar-refractivity contribution in [3.63, 3.8) is 0 Å². The Bertz CT molecular complexity index is 372. The van der Waals surface area contributed by atoms with Gasteiger partial charge in [0.05, 0.1) is 0 Å². The van der Waals surface area contributed by atoms with Crippen LogP contribution in [-0.4, -0.2) is 27.9 Å². The lowest BCUT2D eigenvalue weighted by atomic mass is 9.88. The van der Waals surface area contributed by atoms with E-state index in [1.54, 1.807) is 0 Å². The molecule has 4 heteroatoms. The quantitative estimate of drug-likeness (QED) is 0.790. The molecule has 1 saturated heterocycles. The molecule has 1 N–H and O–H groups in total. The molecule has 2 heterocycles. The number of aromatic nitrogens is 3. The Morgan fingerprint density at radius 2 is 2.20 bits per heavy atom. The van der Waals surface area contributed by atoms with Gasteiger partial charge in [0, 0.05) is 18.0 Å². The minimum atomic E-state index is 0.198. The Hall–Kier alpha value is -0.900. The van der Waals surface area contributed by atoms with E-state index < -0.39 is 0 Å². The lowest BCUT2D eigenvalue weighted by Crippen LogP contribution is -2.29. The average molecular weight is 206 g/mol. The first-order chi connectivity index (χ1) is 7.21. The van der Waals surface area contributed by atoms with Crippen LogP contribution in [0.3, 0.4) is 0 Å². The maximum atomic E-state index is 4.40. The van der Waals surface area contributed by atoms with Gasteiger partial charge in [0.25, 0.3) is 0 Å². The van der Waals surface area contributed by atoms with Crippen molar-refractivity contribution in [2.45, 2.75) is 44.6 Å². The Labute approximate surface area is 90.1 Å². The zero-order valence-corrected chi connectivity index (χ0v) is 9.45. The number of rotatable bonds is 2. The largest absolute Gasteiger partial charge is 0.316 e. The van der Waals surface area contributed by atoms with Crippen molar-refractivity contribution < 1.29 is 0 Å². The van der Waals surface area contributed by atoms with E-state index in [-0.39, 0.29) is 5.41 Å². The van der Waals surface area contributed by atoms with Crippen molar-refractivity contribution >= 4 is 0 Å². The van der Waals surface area contributed by atoms with Gasteiger partial charge in [-0.2, -0.15) is 0 Å². The third-order valence-electron chi connectivity index (χ3n) is 3.69. The number of hydrogen-bond donors (Lipinski definition) is 1. The monoisotopic (exact) mass is 206 g/mol. The first-order valence-corrected chi connectivity index (χ1v) is 5.83. The predicted octanol–water partition coefficient (Wildman–Crippen LogP) is 1.17. The molecule has 15 heavy (non-hydrogen) atoms. The van der Waals surface area contributed by atoms with Crippen LogP contribution in [0.1, 0.15) is 43.9 Å². The molecule has 0 radical (unpaired) electrons. The molecular formula is C11H18N4. The van der Waals surface area contributed by atoms with E-state index in [4.69, 9.17) is 0 Å². The summed E-state index contributed by atoms with van der Waals surface area (Å²) in [6.07, 6.45) is 3.78. The summed E-state index contributed by atoms with van der Waals surface area (Å²) in [4.78, 5) is 0. The molecule has 3 rings (SSSR count). The van der Waals surface area contributed by atoms with Crippen LogP contribution in [0.5, 0.6) is 0 Å². The summed E-state index contributed by atoms with van der Waals surface area (Å²) in [7, 11) is 0. The van der Waals surface area contributed by atoms with Crippen LogP contribution in [0.25, 0.3) is 0 Å². The van der Waals surface area contributed by atoms with Crippen LogP contribution in [0, 0.1) is 6.92 Å². The van der Waals surface area contributed by atoms with Crippen molar-refractivity contribution in [3.8, 4) is 0 Å². The van der Waals surface area contributed by atoms with Gasteiger partial charge in [-0.1, -0.05) is 6.92 Å². The van der Waals surface area contributed by atoms with Gasteiger partial charge in [-0.05, 0) is 32.7 Å². The number of nitrogens with one attached hydrogen (secondary N) is 1. The molecule has 0 amide bonds. The molecule has 1 aromatic heterocycles. The van der Waals surface area contributed by atoms with E-state index in [1.165, 1.54) is 25.1 Å². The van der Waals surface area contributed by atoms with E-state index in [2.05, 4.69) is 33.9 Å². The topological polar surface area (TPSA) is 42.7 Å². The SMILES string of the molecule is Cc1nnc(C2(C)CCNC2)n1C1CC1. The van der Waals surface area contributed by atoms with Crippen molar-refractivity contribution in [3.05, 3.63) is 11.6 Å². The van der Waals surface area contributed by atoms with E-state index in [0.29, 0.717) is 6.04 Å². The highest BCUT2D eigenvalue weighted by Gasteiger charge is 2.39. The molecule has 1 aliphatic carbocycles. The minimum Gasteiger partial charge on any atom is -0.316 e. The van der Waals surface area contributed by atoms with Crippen LogP contribution in [0.15, 0.2) is 0 Å². The lowest BCUT2D eigenvalue weighted by molar-refractivity contribution is 0.454. The maximum absolute atomic E-state index is 4.40. The predicted molar refractivity (Wildman–Crippen MR) is 57.9 cm³/mol. The maximum Gasteiger partial charge on any atom is 0.140 e. The summed E-state index contributed by atoms with van der Waals surface area (Å²) in [6, 6.07) is 0.687. The van der Waals surface area contributed by atoms with Gasteiger partial charge >= 0.3 is 0 Å². The minimum absolute atomic E-state index is 0.198. The molecule has 2 aliphatic rings. The average Bonchev–Trinajstić information content (AvgIpc) is 2.83. The summed E-state index contributed by atoms with van der Waals surface area (Å²) >= 11 is 0. The van der Waals surface area contributed by atoms with Gasteiger partial charge in [0.1, 0.15) is 11.6 Å². The first-order valence-electron chi connectivity index (χ1n) is 5.83. The summed E-state index contributed by atoms with van der Waals surface area (Å²) < 4.78 is 2.37. The molecule has 0 spiro atoms. The molecular weight excluding hydrogens is 188 g/mol. The molecule has 2 fully saturated rings. The zero-order valence-electron chi connectivity index (χ0n) is 9.45. The van der Waals surface area contributed by atoms with Gasteiger partial charge in [0.15, 0.2) is 0 Å². The third kappa shape index (κ3) is 1.39. The van der Waals surface area contributed by atoms with Gasteiger partial charge in [0.2, 0.25) is 0 Å². The van der Waals surface area contributed by atoms with Crippen LogP contribution in [0.2, 0.25) is 0 Å². The number of aryl methyl sites for hydroxylation is 1. The summed E-state index contributed by atoms with van der Waals surface area (Å²) in [5.41, 5.74) is 0.198. The molecule has 4 nitrogen and oxygen atoms in total. The van der Waals surface area contributed by atoms with Gasteiger partial charge in [-0.15, -0.1) is 10.2 Å². The molecule has 1 aromatic rings. The van der Waals surface area contributed by atoms with Gasteiger partial charge in [-0.3, -0.25) is 0 Å². The molecule has 1 atom stereocenters. The Balaban J connectivity index is 2.03. The van der Waals surface area contributed by atoms with E-state index in [0.717, 1.165) is 18.9 Å². The number of nitrogens with zero attached hydrogens (tertiary/aromatic N) is 3. The van der Waals surface area contributed by atoms with Crippen LogP contribution < -0.4 is 5.32 Å². The second kappa shape index (κ2) is 3.04. The van der Waals surface area contributed by atoms with E-state index >= 15 is 0 Å². The summed E-state index contributed by atoms with van der Waals surface area (Å²) in [6.45, 7) is 6.51. The fourth-order valence-corrected chi connectivity index (χ4v) is 2.56. The Morgan fingerprint density at radius 1 is 1.40 bits per heavy atom. The second-order valence-electron chi connectivity index (χ2n) is 5.16. The van der Waals surface area contributed by atoms with E-state index in [1.807, 2.05) is 0 Å². The first kappa shape index (κ1) is 9.33. The highest BCUT2D eigenvalue weighted by atomic mass is 15.3. The normalized spacial score (nSPS) is 31.1. The van der Waals surface area contributed by atoms with Gasteiger partial charge < -0.3 is 9.88 Å². The summed E-state index contributed by atoms with van der Waals surface area (Å²) in [5.74, 6) is 2.29. The smallest absolute Gasteiger partial charge is 0.140 e. The van der Waals surface area contributed by atoms with Crippen molar-refractivity contribution in [1.82, 2.24) is 20.1 Å². The van der Waals surface area contributed by atoms with Crippen LogP contribution >= 0.6 is 0 Å². The lowest BCUT2D eigenvalue weighted by Gasteiger charge is -2.22. The summed E-state index contributed by atoms with van der Waals surface area (Å²) in [5, 5.41) is 12.1. The zero-order chi connectivity index (χ0) is 10.5. The third-order valence-corrected chi connectivity index (χ3v) is 3.69. The van der Waals surface area contributed by atoms with Crippen molar-refractivity contribution in [2.75, 3.05) is 13.1 Å². The molecule has 0 aromatic carbocycles. The standard InChI is InChI=1S/C11H18N4/c1-8-13-14-10(15(8)9-3-4-9)11(2)5-6-12-7-11/h9,12H,3-7H2,1-2H3.